The molecule has 7 heteroatoms. The van der Waals surface area contributed by atoms with Crippen LogP contribution < -0.4 is 19.7 Å². The van der Waals surface area contributed by atoms with Crippen LogP contribution >= 0.6 is 0 Å². The van der Waals surface area contributed by atoms with Crippen LogP contribution in [0, 0.1) is 0 Å². The summed E-state index contributed by atoms with van der Waals surface area (Å²) in [6, 6.07) is 22.1. The van der Waals surface area contributed by atoms with Crippen molar-refractivity contribution in [2.45, 2.75) is 0 Å². The van der Waals surface area contributed by atoms with E-state index in [2.05, 4.69) is 10.2 Å². The molecule has 1 aliphatic rings. The van der Waals surface area contributed by atoms with Gasteiger partial charge in [-0.2, -0.15) is 0 Å². The molecule has 1 fully saturated rings. The molecule has 1 saturated heterocycles. The Morgan fingerprint density at radius 3 is 2.21 bits per heavy atom. The van der Waals surface area contributed by atoms with Gasteiger partial charge in [-0.05, 0) is 36.4 Å². The normalized spacial score (nSPS) is 13.4. The molecule has 0 aromatic heterocycles. The molecule has 0 bridgehead atoms. The van der Waals surface area contributed by atoms with Crippen LogP contribution in [0.2, 0.25) is 0 Å². The van der Waals surface area contributed by atoms with Crippen molar-refractivity contribution in [3.8, 4) is 11.5 Å². The van der Waals surface area contributed by atoms with Crippen LogP contribution in [0.15, 0.2) is 72.8 Å². The van der Waals surface area contributed by atoms with Gasteiger partial charge in [0.1, 0.15) is 11.5 Å². The molecule has 1 N–H and O–H groups in total. The summed E-state index contributed by atoms with van der Waals surface area (Å²) in [6.07, 6.45) is 0. The minimum absolute atomic E-state index is 0.0449. The molecule has 0 aliphatic carbocycles. The molecule has 33 heavy (non-hydrogen) atoms. The Kier molecular flexibility index (Phi) is 6.78. The molecule has 1 aliphatic heterocycles. The van der Waals surface area contributed by atoms with E-state index in [-0.39, 0.29) is 11.8 Å². The first-order chi connectivity index (χ1) is 16.1. The third-order valence-corrected chi connectivity index (χ3v) is 5.73. The van der Waals surface area contributed by atoms with Crippen LogP contribution in [0.4, 0.5) is 11.4 Å². The van der Waals surface area contributed by atoms with Gasteiger partial charge in [-0.3, -0.25) is 9.59 Å². The highest BCUT2D eigenvalue weighted by Gasteiger charge is 2.24. The number of carbonyl (C=O) groups excluding carboxylic acids is 2. The molecule has 0 unspecified atom stereocenters. The number of hydrogen-bond donors (Lipinski definition) is 1. The summed E-state index contributed by atoms with van der Waals surface area (Å²) >= 11 is 0. The molecular formula is C26H27N3O4. The van der Waals surface area contributed by atoms with Crippen LogP contribution in [0.5, 0.6) is 11.5 Å². The zero-order valence-corrected chi connectivity index (χ0v) is 18.8. The van der Waals surface area contributed by atoms with Gasteiger partial charge in [0.25, 0.3) is 11.8 Å². The zero-order valence-electron chi connectivity index (χ0n) is 18.8. The fourth-order valence-electron chi connectivity index (χ4n) is 3.94. The molecule has 170 valence electrons. The number of nitrogens with zero attached hydrogens (tertiary/aromatic N) is 2. The monoisotopic (exact) mass is 445 g/mol. The van der Waals surface area contributed by atoms with Gasteiger partial charge in [-0.25, -0.2) is 0 Å². The Hall–Kier alpha value is -4.00. The first-order valence-electron chi connectivity index (χ1n) is 10.8. The standard InChI is InChI=1S/C26H27N3O4/c1-32-20-12-13-21(24(18-20)33-2)25(30)27-22-10-6-7-11-23(22)28-14-16-29(17-15-28)26(31)19-8-4-3-5-9-19/h3-13,18H,14-17H2,1-2H3,(H,27,30). The van der Waals surface area contributed by atoms with E-state index in [1.165, 1.54) is 7.11 Å². The number of anilines is 2. The smallest absolute Gasteiger partial charge is 0.259 e. The van der Waals surface area contributed by atoms with Gasteiger partial charge in [-0.1, -0.05) is 30.3 Å². The van der Waals surface area contributed by atoms with Gasteiger partial charge in [0.2, 0.25) is 0 Å². The summed E-state index contributed by atoms with van der Waals surface area (Å²) in [4.78, 5) is 29.8. The predicted octanol–water partition coefficient (Wildman–Crippen LogP) is 3.92. The van der Waals surface area contributed by atoms with Gasteiger partial charge >= 0.3 is 0 Å². The summed E-state index contributed by atoms with van der Waals surface area (Å²) in [5.74, 6) is 0.840. The largest absolute Gasteiger partial charge is 0.497 e. The van der Waals surface area contributed by atoms with Crippen LogP contribution in [0.1, 0.15) is 20.7 Å². The van der Waals surface area contributed by atoms with Gasteiger partial charge in [-0.15, -0.1) is 0 Å². The second kappa shape index (κ2) is 10.1. The quantitative estimate of drug-likeness (QED) is 0.623. The Morgan fingerprint density at radius 2 is 1.52 bits per heavy atom. The lowest BCUT2D eigenvalue weighted by Crippen LogP contribution is -2.49. The molecule has 0 saturated carbocycles. The molecule has 3 aromatic carbocycles. The molecule has 3 aromatic rings. The van der Waals surface area contributed by atoms with Gasteiger partial charge in [0.15, 0.2) is 0 Å². The fourth-order valence-corrected chi connectivity index (χ4v) is 3.94. The molecule has 0 spiro atoms. The van der Waals surface area contributed by atoms with Crippen molar-refractivity contribution < 1.29 is 19.1 Å². The lowest BCUT2D eigenvalue weighted by Gasteiger charge is -2.37. The van der Waals surface area contributed by atoms with E-state index in [4.69, 9.17) is 9.47 Å². The number of para-hydroxylation sites is 2. The lowest BCUT2D eigenvalue weighted by atomic mass is 10.1. The number of piperazine rings is 1. The average molecular weight is 446 g/mol. The highest BCUT2D eigenvalue weighted by Crippen LogP contribution is 2.30. The van der Waals surface area contributed by atoms with Crippen LogP contribution in [0.25, 0.3) is 0 Å². The number of nitrogens with one attached hydrogen (secondary N) is 1. The molecule has 0 atom stereocenters. The van der Waals surface area contributed by atoms with E-state index < -0.39 is 0 Å². The van der Waals surface area contributed by atoms with Crippen molar-refractivity contribution in [1.82, 2.24) is 4.90 Å². The second-order valence-electron chi connectivity index (χ2n) is 7.68. The minimum atomic E-state index is -0.264. The third kappa shape index (κ3) is 4.92. The fraction of sp³-hybridized carbons (Fsp3) is 0.231. The number of amides is 2. The predicted molar refractivity (Wildman–Crippen MR) is 128 cm³/mol. The van der Waals surface area contributed by atoms with Crippen molar-refractivity contribution in [1.29, 1.82) is 0 Å². The Morgan fingerprint density at radius 1 is 0.818 bits per heavy atom. The van der Waals surface area contributed by atoms with Crippen molar-refractivity contribution >= 4 is 23.2 Å². The first kappa shape index (κ1) is 22.2. The number of benzene rings is 3. The molecule has 1 heterocycles. The van der Waals surface area contributed by atoms with E-state index >= 15 is 0 Å². The van der Waals surface area contributed by atoms with Gasteiger partial charge in [0, 0.05) is 37.8 Å². The maximum absolute atomic E-state index is 13.0. The number of methoxy groups -OCH3 is 2. The second-order valence-corrected chi connectivity index (χ2v) is 7.68. The van der Waals surface area contributed by atoms with Crippen LogP contribution in [0.3, 0.4) is 0 Å². The van der Waals surface area contributed by atoms with Crippen LogP contribution in [-0.4, -0.2) is 57.1 Å². The van der Waals surface area contributed by atoms with Crippen molar-refractivity contribution in [2.24, 2.45) is 0 Å². The SMILES string of the molecule is COc1ccc(C(=O)Nc2ccccc2N2CCN(C(=O)c3ccccc3)CC2)c(OC)c1. The summed E-state index contributed by atoms with van der Waals surface area (Å²) < 4.78 is 10.6. The van der Waals surface area contributed by atoms with E-state index in [9.17, 15) is 9.59 Å². The highest BCUT2D eigenvalue weighted by atomic mass is 16.5. The minimum Gasteiger partial charge on any atom is -0.497 e. The summed E-state index contributed by atoms with van der Waals surface area (Å²) in [5, 5.41) is 3.01. The van der Waals surface area contributed by atoms with E-state index in [0.29, 0.717) is 54.5 Å². The Balaban J connectivity index is 1.46. The Labute approximate surface area is 193 Å². The number of hydrogen-bond acceptors (Lipinski definition) is 5. The molecule has 2 amide bonds. The highest BCUT2D eigenvalue weighted by molar-refractivity contribution is 6.07. The van der Waals surface area contributed by atoms with E-state index in [1.54, 1.807) is 25.3 Å². The van der Waals surface area contributed by atoms with Crippen molar-refractivity contribution in [3.05, 3.63) is 83.9 Å². The average Bonchev–Trinajstić information content (AvgIpc) is 2.88. The zero-order chi connectivity index (χ0) is 23.2. The van der Waals surface area contributed by atoms with E-state index in [0.717, 1.165) is 5.69 Å². The molecule has 0 radical (unpaired) electrons. The van der Waals surface area contributed by atoms with Crippen LogP contribution in [-0.2, 0) is 0 Å². The number of carbonyl (C=O) groups is 2. The maximum Gasteiger partial charge on any atom is 0.259 e. The third-order valence-electron chi connectivity index (χ3n) is 5.73. The number of rotatable bonds is 6. The number of ether oxygens (including phenoxy) is 2. The lowest BCUT2D eigenvalue weighted by molar-refractivity contribution is 0.0746. The topological polar surface area (TPSA) is 71.1 Å². The van der Waals surface area contributed by atoms with Gasteiger partial charge < -0.3 is 24.6 Å². The van der Waals surface area contributed by atoms with Crippen molar-refractivity contribution in [3.63, 3.8) is 0 Å². The molecule has 7 nitrogen and oxygen atoms in total. The summed E-state index contributed by atoms with van der Waals surface area (Å²) in [5.41, 5.74) is 2.76. The first-order valence-corrected chi connectivity index (χ1v) is 10.8. The molecular weight excluding hydrogens is 418 g/mol. The van der Waals surface area contributed by atoms with E-state index in [1.807, 2.05) is 59.5 Å². The Bertz CT molecular complexity index is 1130. The summed E-state index contributed by atoms with van der Waals surface area (Å²) in [7, 11) is 3.09. The van der Waals surface area contributed by atoms with Crippen molar-refractivity contribution in [2.75, 3.05) is 50.6 Å². The summed E-state index contributed by atoms with van der Waals surface area (Å²) in [6.45, 7) is 2.58. The maximum atomic E-state index is 13.0. The molecule has 4 rings (SSSR count). The van der Waals surface area contributed by atoms with Gasteiger partial charge in [0.05, 0.1) is 31.2 Å².